The number of fused-ring (bicyclic) bond motifs is 1. The molecule has 0 bridgehead atoms. The first kappa shape index (κ1) is 20.5. The lowest BCUT2D eigenvalue weighted by Crippen LogP contribution is -1.99. The summed E-state index contributed by atoms with van der Waals surface area (Å²) in [6, 6.07) is 7.55. The van der Waals surface area contributed by atoms with Gasteiger partial charge in [0.25, 0.3) is 0 Å². The second-order valence-electron chi connectivity index (χ2n) is 5.60. The molecule has 0 aliphatic rings. The number of aliphatic hydroxyl groups is 1. The van der Waals surface area contributed by atoms with Crippen molar-refractivity contribution in [3.8, 4) is 16.6 Å². The fraction of sp³-hybridized carbons (Fsp3) is 0.0556. The molecule has 0 radical (unpaired) electrons. The maximum Gasteiger partial charge on any atom is 0.168 e. The van der Waals surface area contributed by atoms with Crippen molar-refractivity contribution in [2.24, 2.45) is 0 Å². The summed E-state index contributed by atoms with van der Waals surface area (Å²) in [5.41, 5.74) is 0.512. The molecule has 0 atom stereocenters. The second-order valence-corrected chi connectivity index (χ2v) is 6.60. The van der Waals surface area contributed by atoms with Crippen LogP contribution in [-0.2, 0) is 6.61 Å². The minimum absolute atomic E-state index is 0. The Kier molecular flexibility index (Phi) is 5.93. The summed E-state index contributed by atoms with van der Waals surface area (Å²) in [7, 11) is 0. The van der Waals surface area contributed by atoms with Gasteiger partial charge in [0.05, 0.1) is 35.7 Å². The van der Waals surface area contributed by atoms with E-state index in [1.165, 1.54) is 30.6 Å². The average Bonchev–Trinajstić information content (AvgIpc) is 3.16. The Hall–Kier alpha value is -3.26. The van der Waals surface area contributed by atoms with Crippen LogP contribution < -0.4 is 5.32 Å². The molecule has 11 heteroatoms. The van der Waals surface area contributed by atoms with E-state index in [9.17, 15) is 19.1 Å². The first-order valence-electron chi connectivity index (χ1n) is 7.93. The third-order valence-electron chi connectivity index (χ3n) is 3.86. The van der Waals surface area contributed by atoms with Crippen molar-refractivity contribution < 1.29 is 13.9 Å². The molecule has 0 unspecified atom stereocenters. The summed E-state index contributed by atoms with van der Waals surface area (Å²) < 4.78 is 28.9. The summed E-state index contributed by atoms with van der Waals surface area (Å²) in [5.74, 6) is -0.684. The molecule has 7 nitrogen and oxygen atoms in total. The number of anilines is 2. The van der Waals surface area contributed by atoms with Crippen molar-refractivity contribution in [3.05, 3.63) is 59.7 Å². The van der Waals surface area contributed by atoms with Gasteiger partial charge < -0.3 is 10.4 Å². The molecule has 0 saturated heterocycles. The minimum Gasteiger partial charge on any atom is -0.390 e. The topological polar surface area (TPSA) is 108 Å². The van der Waals surface area contributed by atoms with E-state index in [0.717, 1.165) is 17.5 Å². The summed E-state index contributed by atoms with van der Waals surface area (Å²) in [5, 5.41) is 21.5. The van der Waals surface area contributed by atoms with Crippen LogP contribution in [0.2, 0.25) is 0 Å². The van der Waals surface area contributed by atoms with E-state index < -0.39 is 11.6 Å². The number of benzene rings is 1. The molecule has 0 aliphatic heterocycles. The van der Waals surface area contributed by atoms with Gasteiger partial charge in [-0.25, -0.2) is 28.7 Å². The molecule has 0 amide bonds. The normalized spacial score (nSPS) is 10.4. The molecule has 2 N–H and O–H groups in total. The van der Waals surface area contributed by atoms with Gasteiger partial charge in [0, 0.05) is 6.07 Å². The Bertz CT molecular complexity index is 1240. The molecule has 146 valence electrons. The smallest absolute Gasteiger partial charge is 0.168 e. The molecule has 0 spiro atoms. The largest absolute Gasteiger partial charge is 0.390 e. The van der Waals surface area contributed by atoms with Gasteiger partial charge in [0.1, 0.15) is 33.2 Å². The van der Waals surface area contributed by atoms with E-state index in [4.69, 9.17) is 0 Å². The molecule has 4 aromatic rings. The van der Waals surface area contributed by atoms with Gasteiger partial charge >= 0.3 is 0 Å². The molecular formula is C18H11ClF2N6OS. The zero-order chi connectivity index (χ0) is 19.7. The third-order valence-corrected chi connectivity index (χ3v) is 4.94. The first-order chi connectivity index (χ1) is 13.6. The molecule has 3 aromatic heterocycles. The number of aliphatic hydroxyl groups excluding tert-OH is 1. The van der Waals surface area contributed by atoms with Crippen molar-refractivity contribution in [1.29, 1.82) is 5.26 Å². The number of nitrogens with one attached hydrogen (secondary N) is 1. The molecule has 0 aliphatic carbocycles. The van der Waals surface area contributed by atoms with Gasteiger partial charge in [-0.05, 0) is 12.1 Å². The molecule has 0 saturated carbocycles. The SMILES string of the molecule is Cl.N#Cc1cccc(F)c1-c1nc2c(F)cnc(Nc3cc(CO)ncn3)c2s1. The molecular weight excluding hydrogens is 422 g/mol. The van der Waals surface area contributed by atoms with Crippen molar-refractivity contribution in [3.63, 3.8) is 0 Å². The van der Waals surface area contributed by atoms with Crippen molar-refractivity contribution in [1.82, 2.24) is 19.9 Å². The van der Waals surface area contributed by atoms with Gasteiger partial charge in [-0.2, -0.15) is 5.26 Å². The van der Waals surface area contributed by atoms with Crippen LogP contribution in [0, 0.1) is 23.0 Å². The van der Waals surface area contributed by atoms with Gasteiger partial charge in [-0.3, -0.25) is 0 Å². The highest BCUT2D eigenvalue weighted by Gasteiger charge is 2.19. The fourth-order valence-electron chi connectivity index (χ4n) is 2.59. The highest BCUT2D eigenvalue weighted by atomic mass is 35.5. The number of rotatable bonds is 4. The molecule has 0 fully saturated rings. The zero-order valence-electron chi connectivity index (χ0n) is 14.4. The van der Waals surface area contributed by atoms with E-state index >= 15 is 0 Å². The summed E-state index contributed by atoms with van der Waals surface area (Å²) in [4.78, 5) is 16.1. The van der Waals surface area contributed by atoms with Crippen LogP contribution in [-0.4, -0.2) is 25.0 Å². The molecule has 4 rings (SSSR count). The summed E-state index contributed by atoms with van der Waals surface area (Å²) in [6.45, 7) is -0.265. The van der Waals surface area contributed by atoms with E-state index in [0.29, 0.717) is 16.2 Å². The van der Waals surface area contributed by atoms with E-state index in [1.807, 2.05) is 6.07 Å². The van der Waals surface area contributed by atoms with E-state index in [1.54, 1.807) is 0 Å². The predicted octanol–water partition coefficient (Wildman–Crippen LogP) is 3.96. The maximum absolute atomic E-state index is 14.3. The van der Waals surface area contributed by atoms with Gasteiger partial charge in [0.2, 0.25) is 0 Å². The number of aromatic nitrogens is 4. The number of hydrogen-bond acceptors (Lipinski definition) is 8. The number of halogens is 3. The average molecular weight is 433 g/mol. The number of nitrogens with zero attached hydrogens (tertiary/aromatic N) is 5. The van der Waals surface area contributed by atoms with Gasteiger partial charge in [-0.15, -0.1) is 23.7 Å². The fourth-order valence-corrected chi connectivity index (χ4v) is 3.67. The standard InChI is InChI=1S/C18H10F2N6OS.ClH/c19-11-3-1-2-9(5-21)14(11)18-26-15-12(20)6-22-17(16(15)28-18)25-13-4-10(7-27)23-8-24-13;/h1-4,6,8,27H,7H2,(H,22,23,24,25);1H. The molecule has 3 heterocycles. The van der Waals surface area contributed by atoms with Crippen LogP contribution in [0.15, 0.2) is 36.8 Å². The van der Waals surface area contributed by atoms with Crippen LogP contribution in [0.3, 0.4) is 0 Å². The third kappa shape index (κ3) is 3.84. The minimum atomic E-state index is -0.670. The summed E-state index contributed by atoms with van der Waals surface area (Å²) in [6.07, 6.45) is 2.26. The quantitative estimate of drug-likeness (QED) is 0.502. The lowest BCUT2D eigenvalue weighted by Gasteiger charge is -2.06. The number of hydrogen-bond donors (Lipinski definition) is 2. The van der Waals surface area contributed by atoms with Gasteiger partial charge in [0.15, 0.2) is 11.6 Å². The summed E-state index contributed by atoms with van der Waals surface area (Å²) >= 11 is 1.00. The Morgan fingerprint density at radius 1 is 1.17 bits per heavy atom. The zero-order valence-corrected chi connectivity index (χ0v) is 16.1. The second kappa shape index (κ2) is 8.40. The van der Waals surface area contributed by atoms with E-state index in [-0.39, 0.29) is 46.5 Å². The van der Waals surface area contributed by atoms with Crippen LogP contribution in [0.5, 0.6) is 0 Å². The lowest BCUT2D eigenvalue weighted by molar-refractivity contribution is 0.276. The van der Waals surface area contributed by atoms with Crippen LogP contribution >= 0.6 is 23.7 Å². The monoisotopic (exact) mass is 432 g/mol. The highest BCUT2D eigenvalue weighted by Crippen LogP contribution is 2.37. The Morgan fingerprint density at radius 2 is 2.00 bits per heavy atom. The van der Waals surface area contributed by atoms with Gasteiger partial charge in [-0.1, -0.05) is 6.07 Å². The predicted molar refractivity (Wildman–Crippen MR) is 106 cm³/mol. The lowest BCUT2D eigenvalue weighted by atomic mass is 10.1. The Balaban J connectivity index is 0.00000240. The maximum atomic E-state index is 14.3. The van der Waals surface area contributed by atoms with Crippen molar-refractivity contribution in [2.75, 3.05) is 5.32 Å². The number of nitriles is 1. The Morgan fingerprint density at radius 3 is 2.76 bits per heavy atom. The first-order valence-corrected chi connectivity index (χ1v) is 8.75. The molecule has 29 heavy (non-hydrogen) atoms. The van der Waals surface area contributed by atoms with Crippen LogP contribution in [0.4, 0.5) is 20.4 Å². The van der Waals surface area contributed by atoms with Crippen molar-refractivity contribution in [2.45, 2.75) is 6.61 Å². The van der Waals surface area contributed by atoms with Crippen molar-refractivity contribution >= 4 is 45.6 Å². The highest BCUT2D eigenvalue weighted by molar-refractivity contribution is 7.22. The van der Waals surface area contributed by atoms with Crippen LogP contribution in [0.1, 0.15) is 11.3 Å². The molecule has 1 aromatic carbocycles. The van der Waals surface area contributed by atoms with E-state index in [2.05, 4.69) is 25.3 Å². The van der Waals surface area contributed by atoms with Crippen LogP contribution in [0.25, 0.3) is 20.8 Å². The number of thiazole rings is 1. The Labute approximate surface area is 173 Å². The number of pyridine rings is 1.